The Morgan fingerprint density at radius 3 is 2.74 bits per heavy atom. The van der Waals surface area contributed by atoms with E-state index in [1.165, 1.54) is 0 Å². The molecule has 0 aliphatic rings. The second-order valence-electron chi connectivity index (χ2n) is 4.81. The van der Waals surface area contributed by atoms with Crippen molar-refractivity contribution in [3.05, 3.63) is 42.1 Å². The second kappa shape index (κ2) is 9.02. The highest BCUT2D eigenvalue weighted by Gasteiger charge is 2.06. The standard InChI is InChI=1S/C16H20N4O2S/c1-12-11-14(22-13-7-4-3-5-8-13)19-15(18-12)20-16(23)17-9-6-10-21-2/h3-5,7-8,11H,6,9-10H2,1-2H3,(H2,17,18,19,20,23). The summed E-state index contributed by atoms with van der Waals surface area (Å²) in [6.07, 6.45) is 0.870. The summed E-state index contributed by atoms with van der Waals surface area (Å²) in [5, 5.41) is 6.51. The van der Waals surface area contributed by atoms with Gasteiger partial charge < -0.3 is 20.1 Å². The SMILES string of the molecule is COCCCNC(=S)Nc1nc(C)cc(Oc2ccccc2)n1. The van der Waals surface area contributed by atoms with Crippen molar-refractivity contribution in [3.8, 4) is 11.6 Å². The predicted molar refractivity (Wildman–Crippen MR) is 94.0 cm³/mol. The minimum absolute atomic E-state index is 0.403. The molecule has 0 unspecified atom stereocenters. The maximum atomic E-state index is 5.72. The molecule has 1 aromatic heterocycles. The highest BCUT2D eigenvalue weighted by Crippen LogP contribution is 2.20. The molecule has 2 rings (SSSR count). The number of para-hydroxylation sites is 1. The maximum absolute atomic E-state index is 5.72. The number of nitrogens with one attached hydrogen (secondary N) is 2. The first-order valence-electron chi connectivity index (χ1n) is 7.30. The average molecular weight is 332 g/mol. The van der Waals surface area contributed by atoms with Crippen molar-refractivity contribution in [3.63, 3.8) is 0 Å². The van der Waals surface area contributed by atoms with E-state index >= 15 is 0 Å². The molecule has 0 amide bonds. The van der Waals surface area contributed by atoms with Crippen LogP contribution in [0.25, 0.3) is 0 Å². The Morgan fingerprint density at radius 1 is 1.22 bits per heavy atom. The van der Waals surface area contributed by atoms with Crippen LogP contribution < -0.4 is 15.4 Å². The van der Waals surface area contributed by atoms with E-state index in [4.69, 9.17) is 21.7 Å². The number of hydrogen-bond acceptors (Lipinski definition) is 5. The van der Waals surface area contributed by atoms with E-state index in [9.17, 15) is 0 Å². The van der Waals surface area contributed by atoms with Crippen molar-refractivity contribution in [2.75, 3.05) is 25.6 Å². The average Bonchev–Trinajstić information content (AvgIpc) is 2.52. The molecule has 2 N–H and O–H groups in total. The first-order chi connectivity index (χ1) is 11.2. The lowest BCUT2D eigenvalue weighted by molar-refractivity contribution is 0.196. The van der Waals surface area contributed by atoms with Gasteiger partial charge in [-0.05, 0) is 37.7 Å². The lowest BCUT2D eigenvalue weighted by Crippen LogP contribution is -2.30. The molecule has 0 aliphatic carbocycles. The van der Waals surface area contributed by atoms with Gasteiger partial charge in [-0.15, -0.1) is 0 Å². The fourth-order valence-electron chi connectivity index (χ4n) is 1.82. The van der Waals surface area contributed by atoms with Crippen LogP contribution >= 0.6 is 12.2 Å². The molecule has 0 radical (unpaired) electrons. The summed E-state index contributed by atoms with van der Waals surface area (Å²) in [6.45, 7) is 3.28. The number of rotatable bonds is 7. The van der Waals surface area contributed by atoms with Gasteiger partial charge in [0.2, 0.25) is 11.8 Å². The number of aromatic nitrogens is 2. The van der Waals surface area contributed by atoms with Gasteiger partial charge in [0.1, 0.15) is 5.75 Å². The first-order valence-corrected chi connectivity index (χ1v) is 7.70. The van der Waals surface area contributed by atoms with E-state index in [2.05, 4.69) is 20.6 Å². The van der Waals surface area contributed by atoms with Gasteiger partial charge in [-0.25, -0.2) is 4.98 Å². The van der Waals surface area contributed by atoms with Crippen molar-refractivity contribution in [2.45, 2.75) is 13.3 Å². The van der Waals surface area contributed by atoms with Crippen LogP contribution in [-0.2, 0) is 4.74 Å². The van der Waals surface area contributed by atoms with Gasteiger partial charge in [-0.3, -0.25) is 0 Å². The summed E-state index contributed by atoms with van der Waals surface area (Å²) in [6, 6.07) is 11.2. The van der Waals surface area contributed by atoms with Crippen LogP contribution in [-0.4, -0.2) is 35.3 Å². The maximum Gasteiger partial charge on any atom is 0.232 e. The van der Waals surface area contributed by atoms with E-state index in [1.54, 1.807) is 13.2 Å². The summed E-state index contributed by atoms with van der Waals surface area (Å²) >= 11 is 5.22. The molecule has 0 bridgehead atoms. The van der Waals surface area contributed by atoms with Crippen LogP contribution in [0.1, 0.15) is 12.1 Å². The van der Waals surface area contributed by atoms with E-state index in [-0.39, 0.29) is 0 Å². The van der Waals surface area contributed by atoms with E-state index in [0.29, 0.717) is 23.5 Å². The molecular formula is C16H20N4O2S. The van der Waals surface area contributed by atoms with Gasteiger partial charge in [0, 0.05) is 32.0 Å². The Labute approximate surface area is 141 Å². The zero-order valence-electron chi connectivity index (χ0n) is 13.2. The molecule has 0 aliphatic heterocycles. The Kier molecular flexibility index (Phi) is 6.71. The molecule has 7 heteroatoms. The third kappa shape index (κ3) is 6.17. The number of benzene rings is 1. The van der Waals surface area contributed by atoms with Crippen LogP contribution in [0.4, 0.5) is 5.95 Å². The minimum atomic E-state index is 0.403. The van der Waals surface area contributed by atoms with Gasteiger partial charge in [-0.2, -0.15) is 4.98 Å². The molecule has 0 spiro atoms. The third-order valence-electron chi connectivity index (χ3n) is 2.83. The Balaban J connectivity index is 1.95. The van der Waals surface area contributed by atoms with Crippen molar-refractivity contribution in [1.29, 1.82) is 0 Å². The number of ether oxygens (including phenoxy) is 2. The normalized spacial score (nSPS) is 10.2. The van der Waals surface area contributed by atoms with Gasteiger partial charge in [0.15, 0.2) is 5.11 Å². The van der Waals surface area contributed by atoms with Gasteiger partial charge in [-0.1, -0.05) is 18.2 Å². The molecule has 6 nitrogen and oxygen atoms in total. The summed E-state index contributed by atoms with van der Waals surface area (Å²) in [5.41, 5.74) is 0.788. The highest BCUT2D eigenvalue weighted by molar-refractivity contribution is 7.80. The third-order valence-corrected chi connectivity index (χ3v) is 3.08. The van der Waals surface area contributed by atoms with Crippen molar-refractivity contribution in [2.24, 2.45) is 0 Å². The molecule has 0 saturated heterocycles. The number of nitrogens with zero attached hydrogens (tertiary/aromatic N) is 2. The summed E-state index contributed by atoms with van der Waals surface area (Å²) in [7, 11) is 1.67. The lowest BCUT2D eigenvalue weighted by Gasteiger charge is -2.11. The topological polar surface area (TPSA) is 68.3 Å². The number of aryl methyl sites for hydroxylation is 1. The quantitative estimate of drug-likeness (QED) is 0.597. The summed E-state index contributed by atoms with van der Waals surface area (Å²) in [5.74, 6) is 1.59. The zero-order chi connectivity index (χ0) is 16.5. The van der Waals surface area contributed by atoms with Gasteiger partial charge >= 0.3 is 0 Å². The fourth-order valence-corrected chi connectivity index (χ4v) is 2.01. The van der Waals surface area contributed by atoms with Gasteiger partial charge in [0.25, 0.3) is 0 Å². The Morgan fingerprint density at radius 2 is 2.00 bits per heavy atom. The van der Waals surface area contributed by atoms with E-state index in [1.807, 2.05) is 37.3 Å². The monoisotopic (exact) mass is 332 g/mol. The smallest absolute Gasteiger partial charge is 0.232 e. The van der Waals surface area contributed by atoms with Crippen molar-refractivity contribution in [1.82, 2.24) is 15.3 Å². The van der Waals surface area contributed by atoms with Crippen LogP contribution in [0.2, 0.25) is 0 Å². The molecule has 122 valence electrons. The first kappa shape index (κ1) is 17.1. The molecule has 2 aromatic rings. The Bertz CT molecular complexity index is 637. The van der Waals surface area contributed by atoms with Crippen LogP contribution in [0, 0.1) is 6.92 Å². The van der Waals surface area contributed by atoms with Crippen LogP contribution in [0.15, 0.2) is 36.4 Å². The number of methoxy groups -OCH3 is 1. The summed E-state index contributed by atoms with van der Waals surface area (Å²) in [4.78, 5) is 8.62. The molecule has 23 heavy (non-hydrogen) atoms. The fraction of sp³-hybridized carbons (Fsp3) is 0.312. The highest BCUT2D eigenvalue weighted by atomic mass is 32.1. The minimum Gasteiger partial charge on any atom is -0.439 e. The largest absolute Gasteiger partial charge is 0.439 e. The van der Waals surface area contributed by atoms with Crippen LogP contribution in [0.3, 0.4) is 0 Å². The number of hydrogen-bond donors (Lipinski definition) is 2. The van der Waals surface area contributed by atoms with Crippen molar-refractivity contribution < 1.29 is 9.47 Å². The number of anilines is 1. The van der Waals surface area contributed by atoms with Crippen LogP contribution in [0.5, 0.6) is 11.6 Å². The molecule has 0 atom stereocenters. The molecule has 1 aromatic carbocycles. The Hall–Kier alpha value is -2.25. The summed E-state index contributed by atoms with van der Waals surface area (Å²) < 4.78 is 10.7. The molecule has 1 heterocycles. The number of thiocarbonyl (C=S) groups is 1. The van der Waals surface area contributed by atoms with E-state index < -0.39 is 0 Å². The van der Waals surface area contributed by atoms with Gasteiger partial charge in [0.05, 0.1) is 0 Å². The molecular weight excluding hydrogens is 312 g/mol. The zero-order valence-corrected chi connectivity index (χ0v) is 14.0. The van der Waals surface area contributed by atoms with E-state index in [0.717, 1.165) is 24.4 Å². The lowest BCUT2D eigenvalue weighted by atomic mass is 10.3. The molecule has 0 fully saturated rings. The predicted octanol–water partition coefficient (Wildman–Crippen LogP) is 2.90. The van der Waals surface area contributed by atoms with Crippen molar-refractivity contribution >= 4 is 23.3 Å². The second-order valence-corrected chi connectivity index (χ2v) is 5.22. The molecule has 0 saturated carbocycles.